The highest BCUT2D eigenvalue weighted by molar-refractivity contribution is 5.87. The average molecular weight is 177 g/mol. The first kappa shape index (κ1) is 8.93. The number of hydrogen-bond donors (Lipinski definition) is 2. The second-order valence-corrected chi connectivity index (χ2v) is 2.04. The van der Waals surface area contributed by atoms with Gasteiger partial charge in [0, 0.05) is 12.4 Å². The molecule has 0 atom stereocenters. The van der Waals surface area contributed by atoms with E-state index in [1.54, 1.807) is 12.1 Å². The summed E-state index contributed by atoms with van der Waals surface area (Å²) in [4.78, 5) is 18.4. The molecule has 0 unspecified atom stereocenters. The number of anilines is 1. The Kier molecular flexibility index (Phi) is 3.20. The Hall–Kier alpha value is -2.16. The molecular weight excluding hydrogens is 170 g/mol. The molecule has 1 aromatic rings. The second-order valence-electron chi connectivity index (χ2n) is 2.04. The predicted octanol–water partition coefficient (Wildman–Crippen LogP) is 0.122. The van der Waals surface area contributed by atoms with E-state index in [1.807, 2.05) is 0 Å². The third-order valence-electron chi connectivity index (χ3n) is 1.12. The molecule has 0 aromatic carbocycles. The maximum absolute atomic E-state index is 10.9. The van der Waals surface area contributed by atoms with Crippen LogP contribution in [0.25, 0.3) is 0 Å². The van der Waals surface area contributed by atoms with Crippen LogP contribution in [-0.2, 0) is 0 Å². The van der Waals surface area contributed by atoms with Crippen LogP contribution in [0, 0.1) is 11.3 Å². The standard InChI is InChI=1S/C7H7N5O/c8-2-5-11-7(13)12-6-9-3-1-4-10-6/h1,3-4H,5H2,(H2,9,10,11,12,13). The maximum atomic E-state index is 10.9. The van der Waals surface area contributed by atoms with Crippen LogP contribution in [0.3, 0.4) is 0 Å². The molecule has 0 bridgehead atoms. The summed E-state index contributed by atoms with van der Waals surface area (Å²) in [5.74, 6) is 0.206. The van der Waals surface area contributed by atoms with Crippen molar-refractivity contribution < 1.29 is 4.79 Å². The topological polar surface area (TPSA) is 90.7 Å². The Labute approximate surface area is 74.6 Å². The molecule has 66 valence electrons. The van der Waals surface area contributed by atoms with Gasteiger partial charge < -0.3 is 5.32 Å². The molecule has 1 heterocycles. The summed E-state index contributed by atoms with van der Waals surface area (Å²) >= 11 is 0. The molecule has 0 saturated carbocycles. The summed E-state index contributed by atoms with van der Waals surface area (Å²) in [7, 11) is 0. The van der Waals surface area contributed by atoms with E-state index < -0.39 is 6.03 Å². The van der Waals surface area contributed by atoms with E-state index in [9.17, 15) is 4.79 Å². The van der Waals surface area contributed by atoms with Crippen molar-refractivity contribution in [3.8, 4) is 6.07 Å². The van der Waals surface area contributed by atoms with Gasteiger partial charge in [-0.05, 0) is 6.07 Å². The average Bonchev–Trinajstić information content (AvgIpc) is 2.16. The molecular formula is C7H7N5O. The number of carbonyl (C=O) groups excluding carboxylic acids is 1. The summed E-state index contributed by atoms with van der Waals surface area (Å²) in [5, 5.41) is 12.8. The highest BCUT2D eigenvalue weighted by atomic mass is 16.2. The highest BCUT2D eigenvalue weighted by Crippen LogP contribution is 1.92. The van der Waals surface area contributed by atoms with Gasteiger partial charge in [0.1, 0.15) is 6.54 Å². The van der Waals surface area contributed by atoms with Gasteiger partial charge in [0.25, 0.3) is 0 Å². The molecule has 0 aliphatic rings. The summed E-state index contributed by atoms with van der Waals surface area (Å²) < 4.78 is 0. The smallest absolute Gasteiger partial charge is 0.322 e. The van der Waals surface area contributed by atoms with E-state index in [0.717, 1.165) is 0 Å². The number of nitrogens with one attached hydrogen (secondary N) is 2. The first-order chi connectivity index (χ1) is 6.33. The number of hydrogen-bond acceptors (Lipinski definition) is 4. The van der Waals surface area contributed by atoms with Crippen molar-refractivity contribution in [1.82, 2.24) is 15.3 Å². The molecule has 1 aromatic heterocycles. The summed E-state index contributed by atoms with van der Waals surface area (Å²) in [6, 6.07) is 2.92. The molecule has 0 spiro atoms. The second kappa shape index (κ2) is 4.66. The molecule has 6 nitrogen and oxygen atoms in total. The summed E-state index contributed by atoms with van der Waals surface area (Å²) in [6.45, 7) is -0.0430. The minimum Gasteiger partial charge on any atom is -0.325 e. The monoisotopic (exact) mass is 177 g/mol. The van der Waals surface area contributed by atoms with Crippen LogP contribution in [-0.4, -0.2) is 22.5 Å². The van der Waals surface area contributed by atoms with Gasteiger partial charge in [-0.25, -0.2) is 14.8 Å². The molecule has 6 heteroatoms. The first-order valence-corrected chi connectivity index (χ1v) is 3.52. The SMILES string of the molecule is N#CCNC(=O)Nc1ncccn1. The van der Waals surface area contributed by atoms with Gasteiger partial charge in [-0.15, -0.1) is 0 Å². The van der Waals surface area contributed by atoms with Gasteiger partial charge in [0.05, 0.1) is 6.07 Å². The normalized spacial score (nSPS) is 8.54. The van der Waals surface area contributed by atoms with Crippen LogP contribution >= 0.6 is 0 Å². The van der Waals surface area contributed by atoms with Crippen molar-refractivity contribution in [2.45, 2.75) is 0 Å². The maximum Gasteiger partial charge on any atom is 0.322 e. The van der Waals surface area contributed by atoms with Crippen molar-refractivity contribution in [3.63, 3.8) is 0 Å². The van der Waals surface area contributed by atoms with E-state index in [-0.39, 0.29) is 12.5 Å². The van der Waals surface area contributed by atoms with Crippen LogP contribution in [0.4, 0.5) is 10.7 Å². The van der Waals surface area contributed by atoms with Crippen molar-refractivity contribution in [3.05, 3.63) is 18.5 Å². The van der Waals surface area contributed by atoms with Crippen LogP contribution in [0.15, 0.2) is 18.5 Å². The van der Waals surface area contributed by atoms with E-state index in [1.165, 1.54) is 12.4 Å². The number of rotatable bonds is 2. The fourth-order valence-electron chi connectivity index (χ4n) is 0.629. The summed E-state index contributed by atoms with van der Waals surface area (Å²) in [5.41, 5.74) is 0. The van der Waals surface area contributed by atoms with E-state index in [4.69, 9.17) is 5.26 Å². The Morgan fingerprint density at radius 3 is 2.85 bits per heavy atom. The quantitative estimate of drug-likeness (QED) is 0.628. The third kappa shape index (κ3) is 3.16. The zero-order chi connectivity index (χ0) is 9.52. The van der Waals surface area contributed by atoms with Crippen molar-refractivity contribution >= 4 is 12.0 Å². The fourth-order valence-corrected chi connectivity index (χ4v) is 0.629. The highest BCUT2D eigenvalue weighted by Gasteiger charge is 2.00. The molecule has 2 N–H and O–H groups in total. The molecule has 0 aliphatic heterocycles. The van der Waals surface area contributed by atoms with Gasteiger partial charge in [0.2, 0.25) is 5.95 Å². The molecule has 0 radical (unpaired) electrons. The Morgan fingerprint density at radius 2 is 2.23 bits per heavy atom. The lowest BCUT2D eigenvalue weighted by atomic mass is 10.6. The summed E-state index contributed by atoms with van der Waals surface area (Å²) in [6.07, 6.45) is 3.01. The van der Waals surface area contributed by atoms with Gasteiger partial charge in [-0.2, -0.15) is 5.26 Å². The van der Waals surface area contributed by atoms with E-state index in [0.29, 0.717) is 0 Å². The molecule has 1 rings (SSSR count). The number of nitriles is 1. The van der Waals surface area contributed by atoms with Crippen LogP contribution in [0.2, 0.25) is 0 Å². The molecule has 0 fully saturated rings. The molecule has 13 heavy (non-hydrogen) atoms. The Morgan fingerprint density at radius 1 is 1.54 bits per heavy atom. The van der Waals surface area contributed by atoms with Crippen molar-refractivity contribution in [2.24, 2.45) is 0 Å². The van der Waals surface area contributed by atoms with Gasteiger partial charge >= 0.3 is 6.03 Å². The molecule has 2 amide bonds. The lowest BCUT2D eigenvalue weighted by Gasteiger charge is -2.01. The van der Waals surface area contributed by atoms with Crippen LogP contribution in [0.1, 0.15) is 0 Å². The minimum atomic E-state index is -0.493. The van der Waals surface area contributed by atoms with E-state index >= 15 is 0 Å². The van der Waals surface area contributed by atoms with E-state index in [2.05, 4.69) is 20.6 Å². The number of nitrogens with zero attached hydrogens (tertiary/aromatic N) is 3. The molecule has 0 saturated heterocycles. The van der Waals surface area contributed by atoms with Gasteiger partial charge in [-0.3, -0.25) is 5.32 Å². The Bertz CT molecular complexity index is 317. The van der Waals surface area contributed by atoms with Crippen molar-refractivity contribution in [1.29, 1.82) is 5.26 Å². The number of carbonyl (C=O) groups is 1. The molecule has 0 aliphatic carbocycles. The predicted molar refractivity (Wildman–Crippen MR) is 44.7 cm³/mol. The largest absolute Gasteiger partial charge is 0.325 e. The van der Waals surface area contributed by atoms with Crippen molar-refractivity contribution in [2.75, 3.05) is 11.9 Å². The zero-order valence-corrected chi connectivity index (χ0v) is 6.69. The van der Waals surface area contributed by atoms with Gasteiger partial charge in [-0.1, -0.05) is 0 Å². The Balaban J connectivity index is 2.42. The minimum absolute atomic E-state index is 0.0430. The number of urea groups is 1. The lowest BCUT2D eigenvalue weighted by Crippen LogP contribution is -2.29. The van der Waals surface area contributed by atoms with Crippen LogP contribution in [0.5, 0.6) is 0 Å². The first-order valence-electron chi connectivity index (χ1n) is 3.52. The van der Waals surface area contributed by atoms with Crippen LogP contribution < -0.4 is 10.6 Å². The lowest BCUT2D eigenvalue weighted by molar-refractivity contribution is 0.253. The number of amides is 2. The third-order valence-corrected chi connectivity index (χ3v) is 1.12. The number of aromatic nitrogens is 2. The van der Waals surface area contributed by atoms with Gasteiger partial charge in [0.15, 0.2) is 0 Å². The fraction of sp³-hybridized carbons (Fsp3) is 0.143. The zero-order valence-electron chi connectivity index (χ0n) is 6.69.